The smallest absolute Gasteiger partial charge is 0.408 e. The second-order valence-corrected chi connectivity index (χ2v) is 15.4. The lowest BCUT2D eigenvalue weighted by atomic mass is 9.97. The van der Waals surface area contributed by atoms with E-state index in [1.807, 2.05) is 0 Å². The first-order valence-electron chi connectivity index (χ1n) is 19.0. The highest BCUT2D eigenvalue weighted by molar-refractivity contribution is 7.22. The van der Waals surface area contributed by atoms with Crippen LogP contribution in [0.2, 0.25) is 5.02 Å². The number of hydrogen-bond donors (Lipinski definition) is 0. The molecule has 0 bridgehead atoms. The number of fused-ring (bicyclic) bond motifs is 1. The Balaban J connectivity index is 1.26. The van der Waals surface area contributed by atoms with Gasteiger partial charge in [-0.1, -0.05) is 29.8 Å². The SMILES string of the molecule is CCOC(=O)[C@@H](Oc1ncnc2sc(-c3ccc(F)o3)c(-c3ccc(OCCN4CCN(C)CC4)c(Cl)c3C)c12)C(F)(F)c1ccccc1OCc1ccnn1CC(F)(F)F. The zero-order valence-corrected chi connectivity index (χ0v) is 34.6. The van der Waals surface area contributed by atoms with Gasteiger partial charge in [-0.2, -0.15) is 31.4 Å². The summed E-state index contributed by atoms with van der Waals surface area (Å²) >= 11 is 7.97. The van der Waals surface area contributed by atoms with Crippen molar-refractivity contribution in [3.05, 3.63) is 95.0 Å². The van der Waals surface area contributed by atoms with Crippen LogP contribution in [0.15, 0.2) is 71.5 Å². The van der Waals surface area contributed by atoms with E-state index < -0.39 is 60.5 Å². The molecule has 61 heavy (non-hydrogen) atoms. The summed E-state index contributed by atoms with van der Waals surface area (Å²) in [5, 5.41) is 4.00. The fraction of sp³-hybridized carbons (Fsp3) is 0.366. The predicted molar refractivity (Wildman–Crippen MR) is 214 cm³/mol. The van der Waals surface area contributed by atoms with Crippen molar-refractivity contribution >= 4 is 39.1 Å². The lowest BCUT2D eigenvalue weighted by Crippen LogP contribution is -2.45. The van der Waals surface area contributed by atoms with Crippen molar-refractivity contribution in [2.75, 3.05) is 53.0 Å². The minimum Gasteiger partial charge on any atom is -0.491 e. The molecule has 6 aromatic rings. The monoisotopic (exact) mass is 892 g/mol. The summed E-state index contributed by atoms with van der Waals surface area (Å²) in [6.07, 6.45) is -5.11. The summed E-state index contributed by atoms with van der Waals surface area (Å²) in [5.41, 5.74) is 0.380. The topological polar surface area (TPSA) is 117 Å². The molecule has 324 valence electrons. The van der Waals surface area contributed by atoms with Crippen LogP contribution in [0.5, 0.6) is 17.4 Å². The van der Waals surface area contributed by atoms with Gasteiger partial charge in [-0.25, -0.2) is 14.8 Å². The number of halogens is 7. The summed E-state index contributed by atoms with van der Waals surface area (Å²) in [5.74, 6) is -6.09. The average molecular weight is 893 g/mol. The fourth-order valence-corrected chi connectivity index (χ4v) is 8.15. The molecule has 7 rings (SSSR count). The van der Waals surface area contributed by atoms with E-state index in [4.69, 9.17) is 35.0 Å². The van der Waals surface area contributed by atoms with Gasteiger partial charge >= 0.3 is 18.1 Å². The van der Waals surface area contributed by atoms with E-state index in [1.54, 1.807) is 19.1 Å². The Morgan fingerprint density at radius 1 is 0.984 bits per heavy atom. The molecule has 1 atom stereocenters. The van der Waals surface area contributed by atoms with Crippen LogP contribution in [0.4, 0.5) is 26.3 Å². The first kappa shape index (κ1) is 43.7. The van der Waals surface area contributed by atoms with Crippen LogP contribution < -0.4 is 14.2 Å². The van der Waals surface area contributed by atoms with E-state index in [1.165, 1.54) is 37.3 Å². The van der Waals surface area contributed by atoms with E-state index in [-0.39, 0.29) is 33.3 Å². The van der Waals surface area contributed by atoms with Gasteiger partial charge in [0, 0.05) is 50.6 Å². The molecule has 0 spiro atoms. The molecule has 1 aliphatic rings. The molecule has 1 saturated heterocycles. The van der Waals surface area contributed by atoms with Crippen LogP contribution in [-0.4, -0.2) is 101 Å². The Kier molecular flexibility index (Phi) is 13.1. The molecule has 5 heterocycles. The van der Waals surface area contributed by atoms with Gasteiger partial charge in [-0.15, -0.1) is 11.3 Å². The molecular formula is C41H39ClF6N6O6S. The summed E-state index contributed by atoms with van der Waals surface area (Å²) < 4.78 is 117. The molecule has 4 aromatic heterocycles. The molecule has 0 saturated carbocycles. The third kappa shape index (κ3) is 9.74. The standard InChI is InChI=1S/C41H39ClF6N6O6S/c1-4-56-39(55)36(41(47,48)27-7-5-6-8-28(27)58-21-25-13-14-51-54(25)22-40(44,45)46)60-37-33-32(35(30-11-12-31(43)59-30)61-38(33)50-23-49-37)26-9-10-29(34(42)24(26)2)57-20-19-53-17-15-52(3)16-18-53/h5-14,23,36H,4,15-22H2,1-3H3/t36-/m1/s1. The van der Waals surface area contributed by atoms with Crippen LogP contribution in [0.3, 0.4) is 0 Å². The largest absolute Gasteiger partial charge is 0.491 e. The van der Waals surface area contributed by atoms with Crippen molar-refractivity contribution in [2.45, 2.75) is 45.2 Å². The number of ether oxygens (including phenoxy) is 4. The summed E-state index contributed by atoms with van der Waals surface area (Å²) in [4.78, 5) is 27.2. The number of carbonyl (C=O) groups excluding carboxylic acids is 1. The second-order valence-electron chi connectivity index (χ2n) is 14.1. The van der Waals surface area contributed by atoms with E-state index in [2.05, 4.69) is 31.9 Å². The highest BCUT2D eigenvalue weighted by atomic mass is 35.5. The maximum Gasteiger partial charge on any atom is 0.408 e. The molecule has 20 heteroatoms. The number of likely N-dealkylation sites (N-methyl/N-ethyl adjacent to an activating group) is 1. The third-order valence-corrected chi connectivity index (χ3v) is 11.5. The Morgan fingerprint density at radius 2 is 1.75 bits per heavy atom. The van der Waals surface area contributed by atoms with Gasteiger partial charge in [0.15, 0.2) is 0 Å². The molecule has 0 aliphatic carbocycles. The van der Waals surface area contributed by atoms with Gasteiger partial charge in [0.2, 0.25) is 5.88 Å². The first-order chi connectivity index (χ1) is 29.1. The van der Waals surface area contributed by atoms with Gasteiger partial charge < -0.3 is 28.3 Å². The minimum atomic E-state index is -4.60. The number of carbonyl (C=O) groups is 1. The molecular weight excluding hydrogens is 854 g/mol. The first-order valence-corrected chi connectivity index (χ1v) is 20.2. The van der Waals surface area contributed by atoms with Gasteiger partial charge in [-0.05, 0) is 62.4 Å². The quantitative estimate of drug-likeness (QED) is 0.0686. The van der Waals surface area contributed by atoms with Crippen LogP contribution in [0.25, 0.3) is 32.0 Å². The number of aromatic nitrogens is 4. The Bertz CT molecular complexity index is 2490. The van der Waals surface area contributed by atoms with Gasteiger partial charge in [0.1, 0.15) is 48.2 Å². The lowest BCUT2D eigenvalue weighted by Gasteiger charge is -2.32. The number of hydrogen-bond acceptors (Lipinski definition) is 12. The van der Waals surface area contributed by atoms with E-state index in [0.717, 1.165) is 62.2 Å². The Morgan fingerprint density at radius 3 is 2.48 bits per heavy atom. The van der Waals surface area contributed by atoms with Gasteiger partial charge in [-0.3, -0.25) is 9.58 Å². The van der Waals surface area contributed by atoms with Crippen LogP contribution >= 0.6 is 22.9 Å². The summed E-state index contributed by atoms with van der Waals surface area (Å²) in [6.45, 7) is 5.62. The molecule has 1 fully saturated rings. The third-order valence-electron chi connectivity index (χ3n) is 9.95. The van der Waals surface area contributed by atoms with E-state index >= 15 is 8.78 Å². The Labute approximate surface area is 354 Å². The Hall–Kier alpha value is -5.37. The molecule has 12 nitrogen and oxygen atoms in total. The molecule has 1 aliphatic heterocycles. The summed E-state index contributed by atoms with van der Waals surface area (Å²) in [7, 11) is 2.07. The zero-order chi connectivity index (χ0) is 43.5. The fourth-order valence-electron chi connectivity index (χ4n) is 6.82. The average Bonchev–Trinajstić information content (AvgIpc) is 3.96. The highest BCUT2D eigenvalue weighted by Gasteiger charge is 2.51. The van der Waals surface area contributed by atoms with Crippen molar-refractivity contribution in [3.63, 3.8) is 0 Å². The van der Waals surface area contributed by atoms with Crippen molar-refractivity contribution in [3.8, 4) is 39.1 Å². The molecule has 0 N–H and O–H groups in total. The predicted octanol–water partition coefficient (Wildman–Crippen LogP) is 8.79. The molecule has 0 amide bonds. The van der Waals surface area contributed by atoms with Crippen molar-refractivity contribution < 1.29 is 54.5 Å². The number of nitrogens with zero attached hydrogens (tertiary/aromatic N) is 6. The maximum absolute atomic E-state index is 17.0. The van der Waals surface area contributed by atoms with Crippen LogP contribution in [0.1, 0.15) is 23.7 Å². The highest BCUT2D eigenvalue weighted by Crippen LogP contribution is 2.50. The van der Waals surface area contributed by atoms with Crippen LogP contribution in [0, 0.1) is 12.9 Å². The van der Waals surface area contributed by atoms with E-state index in [0.29, 0.717) is 45.2 Å². The van der Waals surface area contributed by atoms with Gasteiger partial charge in [0.05, 0.1) is 33.2 Å². The lowest BCUT2D eigenvalue weighted by molar-refractivity contribution is -0.174. The van der Waals surface area contributed by atoms with Crippen molar-refractivity contribution in [1.29, 1.82) is 0 Å². The van der Waals surface area contributed by atoms with Crippen LogP contribution in [-0.2, 0) is 28.6 Å². The minimum absolute atomic E-state index is 0.0464. The number of alkyl halides is 5. The second kappa shape index (κ2) is 18.3. The van der Waals surface area contributed by atoms with Gasteiger partial charge in [0.25, 0.3) is 12.1 Å². The van der Waals surface area contributed by atoms with Crippen molar-refractivity contribution in [1.82, 2.24) is 29.5 Å². The summed E-state index contributed by atoms with van der Waals surface area (Å²) in [6, 6.07) is 11.1. The molecule has 0 radical (unpaired) electrons. The number of rotatable bonds is 16. The number of thiophene rings is 1. The molecule has 2 aromatic carbocycles. The normalized spacial score (nSPS) is 14.7. The molecule has 0 unspecified atom stereocenters. The number of piperazine rings is 1. The number of para-hydroxylation sites is 1. The maximum atomic E-state index is 17.0. The zero-order valence-electron chi connectivity index (χ0n) is 33.0. The number of benzene rings is 2. The van der Waals surface area contributed by atoms with Crippen molar-refractivity contribution in [2.24, 2.45) is 0 Å². The number of esters is 1. The number of furan rings is 1. The van der Waals surface area contributed by atoms with E-state index in [9.17, 15) is 22.4 Å².